The van der Waals surface area contributed by atoms with Gasteiger partial charge in [0.15, 0.2) is 11.5 Å². The van der Waals surface area contributed by atoms with Crippen LogP contribution in [0, 0.1) is 11.3 Å². The lowest BCUT2D eigenvalue weighted by molar-refractivity contribution is -0.0654. The molecule has 5 nitrogen and oxygen atoms in total. The molecule has 0 radical (unpaired) electrons. The van der Waals surface area contributed by atoms with E-state index in [2.05, 4.69) is 15.1 Å². The Morgan fingerprint density at radius 2 is 1.95 bits per heavy atom. The summed E-state index contributed by atoms with van der Waals surface area (Å²) in [6.45, 7) is 2.50. The molecule has 0 atom stereocenters. The lowest BCUT2D eigenvalue weighted by atomic mass is 9.92. The summed E-state index contributed by atoms with van der Waals surface area (Å²) in [5.41, 5.74) is 0.371. The fourth-order valence-electron chi connectivity index (χ4n) is 3.27. The molecule has 1 spiro atoms. The first-order valence-corrected chi connectivity index (χ1v) is 7.44. The van der Waals surface area contributed by atoms with Crippen LogP contribution in [0.5, 0.6) is 0 Å². The van der Waals surface area contributed by atoms with Crippen molar-refractivity contribution in [1.82, 2.24) is 10.2 Å². The number of aromatic nitrogens is 2. The Hall–Kier alpha value is -1.67. The van der Waals surface area contributed by atoms with Gasteiger partial charge in [-0.05, 0) is 25.0 Å². The molecule has 2 fully saturated rings. The number of hydrogen-bond acceptors (Lipinski definition) is 5. The monoisotopic (exact) mass is 272 g/mol. The van der Waals surface area contributed by atoms with Crippen LogP contribution < -0.4 is 4.90 Å². The van der Waals surface area contributed by atoms with Crippen molar-refractivity contribution in [2.24, 2.45) is 0 Å². The van der Waals surface area contributed by atoms with E-state index in [9.17, 15) is 0 Å². The lowest BCUT2D eigenvalue weighted by Gasteiger charge is -2.43. The molecule has 1 aromatic rings. The minimum absolute atomic E-state index is 0.00430. The van der Waals surface area contributed by atoms with Crippen molar-refractivity contribution in [3.05, 3.63) is 17.8 Å². The molecule has 2 aliphatic rings. The van der Waals surface area contributed by atoms with Gasteiger partial charge in [-0.1, -0.05) is 25.7 Å². The summed E-state index contributed by atoms with van der Waals surface area (Å²) in [6.07, 6.45) is 7.45. The number of morpholine rings is 1. The fourth-order valence-corrected chi connectivity index (χ4v) is 3.27. The summed E-state index contributed by atoms with van der Waals surface area (Å²) in [4.78, 5) is 2.25. The number of nitriles is 1. The molecule has 2 heterocycles. The summed E-state index contributed by atoms with van der Waals surface area (Å²) in [7, 11) is 0. The maximum atomic E-state index is 8.78. The summed E-state index contributed by atoms with van der Waals surface area (Å²) in [6, 6.07) is 5.63. The SMILES string of the molecule is N#Cc1ccc(N2CCOC3(CCCCCC3)C2)nn1. The Morgan fingerprint density at radius 3 is 2.60 bits per heavy atom. The van der Waals surface area contributed by atoms with Crippen LogP contribution in [0.15, 0.2) is 12.1 Å². The van der Waals surface area contributed by atoms with Crippen LogP contribution in [0.1, 0.15) is 44.2 Å². The summed E-state index contributed by atoms with van der Waals surface area (Å²) in [5, 5.41) is 16.9. The van der Waals surface area contributed by atoms with Gasteiger partial charge in [0.2, 0.25) is 0 Å². The molecular weight excluding hydrogens is 252 g/mol. The van der Waals surface area contributed by atoms with Crippen LogP contribution in [0.4, 0.5) is 5.82 Å². The molecule has 0 amide bonds. The molecule has 1 aliphatic heterocycles. The molecule has 1 saturated heterocycles. The molecule has 3 rings (SSSR count). The summed E-state index contributed by atoms with van der Waals surface area (Å²) in [5.74, 6) is 0.857. The number of anilines is 1. The smallest absolute Gasteiger partial charge is 0.163 e. The van der Waals surface area contributed by atoms with Crippen molar-refractivity contribution in [1.29, 1.82) is 5.26 Å². The van der Waals surface area contributed by atoms with Gasteiger partial charge in [0.1, 0.15) is 6.07 Å². The molecule has 0 unspecified atom stereocenters. The standard InChI is InChI=1S/C15H20N4O/c16-11-13-5-6-14(18-17-13)19-9-10-20-15(12-19)7-3-1-2-4-8-15/h5-6H,1-4,7-10,12H2. The van der Waals surface area contributed by atoms with Crippen LogP contribution in [0.2, 0.25) is 0 Å². The minimum atomic E-state index is 0.00430. The van der Waals surface area contributed by atoms with Crippen LogP contribution >= 0.6 is 0 Å². The Balaban J connectivity index is 1.75. The Bertz CT molecular complexity index is 486. The third-order valence-corrected chi connectivity index (χ3v) is 4.35. The summed E-state index contributed by atoms with van der Waals surface area (Å²) >= 11 is 0. The molecule has 0 aromatic carbocycles. The van der Waals surface area contributed by atoms with Crippen molar-refractivity contribution in [2.75, 3.05) is 24.6 Å². The zero-order valence-corrected chi connectivity index (χ0v) is 11.7. The fraction of sp³-hybridized carbons (Fsp3) is 0.667. The van der Waals surface area contributed by atoms with Crippen molar-refractivity contribution in [3.63, 3.8) is 0 Å². The van der Waals surface area contributed by atoms with E-state index in [-0.39, 0.29) is 5.60 Å². The molecule has 5 heteroatoms. The van der Waals surface area contributed by atoms with E-state index in [1.54, 1.807) is 6.07 Å². The lowest BCUT2D eigenvalue weighted by Crippen LogP contribution is -2.52. The highest BCUT2D eigenvalue weighted by atomic mass is 16.5. The van der Waals surface area contributed by atoms with E-state index in [1.165, 1.54) is 25.7 Å². The predicted octanol–water partition coefficient (Wildman–Crippen LogP) is 2.28. The number of ether oxygens (including phenoxy) is 1. The zero-order chi connectivity index (χ0) is 13.8. The number of rotatable bonds is 1. The third kappa shape index (κ3) is 2.75. The topological polar surface area (TPSA) is 62.0 Å². The normalized spacial score (nSPS) is 22.2. The Kier molecular flexibility index (Phi) is 3.83. The van der Waals surface area contributed by atoms with Gasteiger partial charge >= 0.3 is 0 Å². The first kappa shape index (κ1) is 13.3. The highest BCUT2D eigenvalue weighted by Gasteiger charge is 2.37. The first-order valence-electron chi connectivity index (χ1n) is 7.44. The zero-order valence-electron chi connectivity index (χ0n) is 11.7. The molecule has 1 aliphatic carbocycles. The maximum absolute atomic E-state index is 8.78. The number of nitrogens with zero attached hydrogens (tertiary/aromatic N) is 4. The highest BCUT2D eigenvalue weighted by Crippen LogP contribution is 2.34. The van der Waals surface area contributed by atoms with Crippen molar-refractivity contribution in [3.8, 4) is 6.07 Å². The molecule has 0 bridgehead atoms. The van der Waals surface area contributed by atoms with Gasteiger partial charge < -0.3 is 9.64 Å². The van der Waals surface area contributed by atoms with Crippen molar-refractivity contribution >= 4 is 5.82 Å². The first-order chi connectivity index (χ1) is 9.81. The van der Waals surface area contributed by atoms with Gasteiger partial charge in [0.25, 0.3) is 0 Å². The Morgan fingerprint density at radius 1 is 1.15 bits per heavy atom. The van der Waals surface area contributed by atoms with E-state index >= 15 is 0 Å². The van der Waals surface area contributed by atoms with Gasteiger partial charge in [0.05, 0.1) is 12.2 Å². The van der Waals surface area contributed by atoms with Crippen LogP contribution in [0.25, 0.3) is 0 Å². The van der Waals surface area contributed by atoms with E-state index in [4.69, 9.17) is 10.00 Å². The molecule has 20 heavy (non-hydrogen) atoms. The molecule has 1 saturated carbocycles. The van der Waals surface area contributed by atoms with Crippen molar-refractivity contribution < 1.29 is 4.74 Å². The van der Waals surface area contributed by atoms with E-state index in [1.807, 2.05) is 12.1 Å². The van der Waals surface area contributed by atoms with Crippen LogP contribution in [-0.4, -0.2) is 35.5 Å². The number of hydrogen-bond donors (Lipinski definition) is 0. The average Bonchev–Trinajstić information content (AvgIpc) is 2.73. The van der Waals surface area contributed by atoms with E-state index in [0.29, 0.717) is 5.69 Å². The molecule has 1 aromatic heterocycles. The largest absolute Gasteiger partial charge is 0.371 e. The van der Waals surface area contributed by atoms with E-state index in [0.717, 1.165) is 38.4 Å². The average molecular weight is 272 g/mol. The van der Waals surface area contributed by atoms with E-state index < -0.39 is 0 Å². The second-order valence-corrected chi connectivity index (χ2v) is 5.76. The minimum Gasteiger partial charge on any atom is -0.371 e. The van der Waals surface area contributed by atoms with Gasteiger partial charge in [-0.3, -0.25) is 0 Å². The maximum Gasteiger partial charge on any atom is 0.163 e. The summed E-state index contributed by atoms with van der Waals surface area (Å²) < 4.78 is 6.14. The second kappa shape index (κ2) is 5.76. The van der Waals surface area contributed by atoms with Crippen LogP contribution in [-0.2, 0) is 4.74 Å². The molecule has 106 valence electrons. The molecular formula is C15H20N4O. The van der Waals surface area contributed by atoms with Gasteiger partial charge in [-0.15, -0.1) is 10.2 Å². The Labute approximate surface area is 119 Å². The predicted molar refractivity (Wildman–Crippen MR) is 75.3 cm³/mol. The van der Waals surface area contributed by atoms with Crippen LogP contribution in [0.3, 0.4) is 0 Å². The van der Waals surface area contributed by atoms with Crippen molar-refractivity contribution in [2.45, 2.75) is 44.1 Å². The second-order valence-electron chi connectivity index (χ2n) is 5.76. The molecule has 0 N–H and O–H groups in total. The van der Waals surface area contributed by atoms with Gasteiger partial charge in [0, 0.05) is 13.1 Å². The third-order valence-electron chi connectivity index (χ3n) is 4.35. The van der Waals surface area contributed by atoms with Gasteiger partial charge in [-0.2, -0.15) is 5.26 Å². The quantitative estimate of drug-likeness (QED) is 0.785. The van der Waals surface area contributed by atoms with Gasteiger partial charge in [-0.25, -0.2) is 0 Å². The highest BCUT2D eigenvalue weighted by molar-refractivity contribution is 5.40.